The minimum atomic E-state index is -1.98. The number of carbonyl (C=O) groups excluding carboxylic acids is 1. The molecular weight excluding hydrogens is 1010 g/mol. The average Bonchev–Trinajstić information content (AvgIpc) is 3.46. The highest BCUT2D eigenvalue weighted by atomic mass is 16.8. The van der Waals surface area contributed by atoms with Gasteiger partial charge in [0.1, 0.15) is 73.2 Å². The molecule has 0 aromatic carbocycles. The quantitative estimate of drug-likeness (QED) is 0.0287. The highest BCUT2D eigenvalue weighted by molar-refractivity contribution is 5.76. The highest BCUT2D eigenvalue weighted by Crippen LogP contribution is 2.33. The number of hydrogen-bond acceptors (Lipinski definition) is 18. The van der Waals surface area contributed by atoms with E-state index in [1.54, 1.807) is 6.08 Å². The van der Waals surface area contributed by atoms with E-state index in [2.05, 4.69) is 67.8 Å². The molecule has 17 unspecified atom stereocenters. The number of ether oxygens (including phenoxy) is 6. The molecule has 3 aliphatic heterocycles. The lowest BCUT2D eigenvalue weighted by Gasteiger charge is -2.48. The van der Waals surface area contributed by atoms with Gasteiger partial charge < -0.3 is 89.9 Å². The molecule has 0 radical (unpaired) electrons. The van der Waals surface area contributed by atoms with Crippen molar-refractivity contribution < 1.29 is 89.4 Å². The summed E-state index contributed by atoms with van der Waals surface area (Å²) in [7, 11) is 0. The molecule has 3 rings (SSSR count). The zero-order chi connectivity index (χ0) is 56.9. The number of hydrogen-bond donors (Lipinski definition) is 12. The van der Waals surface area contributed by atoms with Crippen molar-refractivity contribution in [2.45, 2.75) is 279 Å². The van der Waals surface area contributed by atoms with E-state index in [-0.39, 0.29) is 18.9 Å². The Morgan fingerprint density at radius 2 is 0.872 bits per heavy atom. The summed E-state index contributed by atoms with van der Waals surface area (Å²) in [5.41, 5.74) is 0. The van der Waals surface area contributed by atoms with Gasteiger partial charge in [0.15, 0.2) is 18.9 Å². The number of amides is 1. The van der Waals surface area contributed by atoms with Gasteiger partial charge in [-0.05, 0) is 70.6 Å². The highest BCUT2D eigenvalue weighted by Gasteiger charge is 2.53. The van der Waals surface area contributed by atoms with Crippen LogP contribution in [0.25, 0.3) is 0 Å². The molecule has 78 heavy (non-hydrogen) atoms. The van der Waals surface area contributed by atoms with E-state index in [0.29, 0.717) is 12.8 Å². The lowest BCUT2D eigenvalue weighted by molar-refractivity contribution is -0.379. The lowest BCUT2D eigenvalue weighted by Crippen LogP contribution is -2.66. The molecule has 0 aromatic rings. The molecule has 19 heteroatoms. The second-order valence-electron chi connectivity index (χ2n) is 21.1. The van der Waals surface area contributed by atoms with Crippen molar-refractivity contribution in [3.63, 3.8) is 0 Å². The maximum absolute atomic E-state index is 13.3. The summed E-state index contributed by atoms with van der Waals surface area (Å²) in [5, 5.41) is 120. The maximum atomic E-state index is 13.3. The monoisotopic (exact) mass is 1110 g/mol. The van der Waals surface area contributed by atoms with Crippen LogP contribution in [-0.4, -0.2) is 193 Å². The van der Waals surface area contributed by atoms with E-state index in [4.69, 9.17) is 28.4 Å². The fourth-order valence-corrected chi connectivity index (χ4v) is 9.59. The third-order valence-corrected chi connectivity index (χ3v) is 14.5. The standard InChI is InChI=1S/C59H103NO18/c1-3-5-7-9-11-13-15-17-18-19-20-21-22-23-24-25-27-29-31-33-35-37-47(65)60-42(43(64)36-34-32-30-28-26-16-14-12-10-8-6-4-2)41-73-57-53(71)50(68)55(45(39-62)75-57)78-59-54(72)51(69)56(46(40-63)76-59)77-58-52(70)49(67)48(66)44(38-61)74-58/h10,12,15,17,19-20,26,28,34,36,42-46,48-59,61-64,66-72H,3-9,11,13-14,16,18,21-25,27,29-33,35,37-41H2,1-2H3,(H,60,65)/b12-10+,17-15-,20-19-,28-26+,36-34+. The van der Waals surface area contributed by atoms with Gasteiger partial charge in [0.05, 0.1) is 38.6 Å². The van der Waals surface area contributed by atoms with Crippen molar-refractivity contribution >= 4 is 5.91 Å². The Morgan fingerprint density at radius 3 is 1.40 bits per heavy atom. The van der Waals surface area contributed by atoms with Gasteiger partial charge in [-0.25, -0.2) is 0 Å². The smallest absolute Gasteiger partial charge is 0.220 e. The molecule has 0 saturated carbocycles. The molecule has 3 saturated heterocycles. The van der Waals surface area contributed by atoms with Crippen molar-refractivity contribution in [3.8, 4) is 0 Å². The minimum absolute atomic E-state index is 0.225. The summed E-state index contributed by atoms with van der Waals surface area (Å²) in [6, 6.07) is -0.999. The van der Waals surface area contributed by atoms with Crippen molar-refractivity contribution in [2.24, 2.45) is 0 Å². The first-order chi connectivity index (χ1) is 37.8. The van der Waals surface area contributed by atoms with E-state index in [9.17, 15) is 61.0 Å². The topological polar surface area (TPSA) is 307 Å². The first-order valence-electron chi connectivity index (χ1n) is 29.5. The van der Waals surface area contributed by atoms with Crippen LogP contribution in [0.15, 0.2) is 60.8 Å². The Hall–Kier alpha value is -2.51. The second-order valence-corrected chi connectivity index (χ2v) is 21.1. The Bertz CT molecular complexity index is 1660. The van der Waals surface area contributed by atoms with Crippen LogP contribution in [0.2, 0.25) is 0 Å². The van der Waals surface area contributed by atoms with Gasteiger partial charge in [0, 0.05) is 6.42 Å². The third-order valence-electron chi connectivity index (χ3n) is 14.5. The van der Waals surface area contributed by atoms with Crippen LogP contribution in [-0.2, 0) is 33.2 Å². The van der Waals surface area contributed by atoms with E-state index in [1.807, 2.05) is 6.08 Å². The van der Waals surface area contributed by atoms with Crippen LogP contribution >= 0.6 is 0 Å². The van der Waals surface area contributed by atoms with Gasteiger partial charge >= 0.3 is 0 Å². The van der Waals surface area contributed by atoms with Crippen molar-refractivity contribution in [1.29, 1.82) is 0 Å². The van der Waals surface area contributed by atoms with Crippen LogP contribution in [0.5, 0.6) is 0 Å². The van der Waals surface area contributed by atoms with E-state index in [1.165, 1.54) is 77.0 Å². The first kappa shape index (κ1) is 69.8. The van der Waals surface area contributed by atoms with Gasteiger partial charge in [0.2, 0.25) is 5.91 Å². The number of rotatable bonds is 42. The molecule has 0 bridgehead atoms. The lowest BCUT2D eigenvalue weighted by atomic mass is 9.96. The Labute approximate surface area is 465 Å². The first-order valence-corrected chi connectivity index (χ1v) is 29.5. The molecule has 19 nitrogen and oxygen atoms in total. The van der Waals surface area contributed by atoms with Crippen LogP contribution in [0, 0.1) is 0 Å². The third kappa shape index (κ3) is 26.2. The molecule has 12 N–H and O–H groups in total. The number of allylic oxidation sites excluding steroid dienone is 9. The summed E-state index contributed by atoms with van der Waals surface area (Å²) in [6.45, 7) is 1.60. The zero-order valence-electron chi connectivity index (χ0n) is 46.9. The van der Waals surface area contributed by atoms with Crippen LogP contribution in [0.1, 0.15) is 174 Å². The molecule has 0 spiro atoms. The van der Waals surface area contributed by atoms with E-state index < -0.39 is 124 Å². The van der Waals surface area contributed by atoms with Crippen LogP contribution in [0.4, 0.5) is 0 Å². The number of aliphatic hydroxyl groups excluding tert-OH is 11. The van der Waals surface area contributed by atoms with Gasteiger partial charge in [-0.2, -0.15) is 0 Å². The zero-order valence-corrected chi connectivity index (χ0v) is 46.9. The molecule has 0 aliphatic carbocycles. The molecule has 3 aliphatic rings. The Balaban J connectivity index is 1.50. The normalized spacial score (nSPS) is 30.9. The fraction of sp³-hybridized carbons (Fsp3) is 0.814. The fourth-order valence-electron chi connectivity index (χ4n) is 9.59. The van der Waals surface area contributed by atoms with Gasteiger partial charge in [0.25, 0.3) is 0 Å². The molecule has 452 valence electrons. The molecule has 17 atom stereocenters. The Kier molecular flexibility index (Phi) is 37.9. The van der Waals surface area contributed by atoms with E-state index >= 15 is 0 Å². The summed E-state index contributed by atoms with van der Waals surface area (Å²) in [5.74, 6) is -0.298. The van der Waals surface area contributed by atoms with Gasteiger partial charge in [-0.15, -0.1) is 0 Å². The average molecular weight is 1110 g/mol. The summed E-state index contributed by atoms with van der Waals surface area (Å²) >= 11 is 0. The van der Waals surface area contributed by atoms with Crippen molar-refractivity contribution in [3.05, 3.63) is 60.8 Å². The summed E-state index contributed by atoms with van der Waals surface area (Å²) < 4.78 is 34.2. The van der Waals surface area contributed by atoms with E-state index in [0.717, 1.165) is 64.2 Å². The van der Waals surface area contributed by atoms with Gasteiger partial charge in [-0.1, -0.05) is 158 Å². The predicted molar refractivity (Wildman–Crippen MR) is 295 cm³/mol. The van der Waals surface area contributed by atoms with Crippen LogP contribution < -0.4 is 5.32 Å². The molecule has 0 aromatic heterocycles. The number of aliphatic hydroxyl groups is 11. The van der Waals surface area contributed by atoms with Crippen molar-refractivity contribution in [1.82, 2.24) is 5.32 Å². The molecule has 3 fully saturated rings. The summed E-state index contributed by atoms with van der Waals surface area (Å²) in [4.78, 5) is 13.3. The van der Waals surface area contributed by atoms with Crippen LogP contribution in [0.3, 0.4) is 0 Å². The number of unbranched alkanes of at least 4 members (excludes halogenated alkanes) is 18. The number of carbonyl (C=O) groups is 1. The number of nitrogens with one attached hydrogen (secondary N) is 1. The summed E-state index contributed by atoms with van der Waals surface area (Å²) in [6.07, 6.45) is 20.7. The molecule has 1 amide bonds. The second kappa shape index (κ2) is 42.3. The molecule has 3 heterocycles. The Morgan fingerprint density at radius 1 is 0.462 bits per heavy atom. The molecular formula is C59H103NO18. The SMILES string of the molecule is CCCC/C=C/CC/C=C/CC/C=C/C(O)C(COC1OC(CO)C(OC2OC(CO)C(OC3OC(CO)C(O)C(O)C3O)C(O)C2O)C(O)C1O)NC(=O)CCCCCCCCCCC/C=C\C/C=C\CCCCCCC. The predicted octanol–water partition coefficient (Wildman–Crippen LogP) is 4.87. The van der Waals surface area contributed by atoms with Crippen molar-refractivity contribution in [2.75, 3.05) is 26.4 Å². The largest absolute Gasteiger partial charge is 0.394 e. The van der Waals surface area contributed by atoms with Gasteiger partial charge in [-0.3, -0.25) is 4.79 Å². The maximum Gasteiger partial charge on any atom is 0.220 e. The minimum Gasteiger partial charge on any atom is -0.394 e.